The number of hydrogen-bond acceptors (Lipinski definition) is 4. The van der Waals surface area contributed by atoms with Gasteiger partial charge in [-0.2, -0.15) is 4.31 Å². The molecule has 3 aromatic rings. The van der Waals surface area contributed by atoms with Crippen LogP contribution >= 0.6 is 27.5 Å². The van der Waals surface area contributed by atoms with Gasteiger partial charge in [-0.15, -0.1) is 0 Å². The maximum atomic E-state index is 13.8. The molecule has 3 aromatic carbocycles. The summed E-state index contributed by atoms with van der Waals surface area (Å²) in [7, 11) is -3.75. The normalized spacial score (nSPS) is 19.4. The third-order valence-corrected chi connectivity index (χ3v) is 10.9. The molecule has 0 spiro atoms. The second-order valence-corrected chi connectivity index (χ2v) is 13.4. The molecule has 0 bridgehead atoms. The van der Waals surface area contributed by atoms with Crippen LogP contribution in [-0.2, 0) is 21.2 Å². The maximum Gasteiger partial charge on any atom is 0.244 e. The number of anilines is 1. The van der Waals surface area contributed by atoms with E-state index < -0.39 is 10.0 Å². The fourth-order valence-electron chi connectivity index (χ4n) is 5.60. The minimum atomic E-state index is -3.75. The van der Waals surface area contributed by atoms with Gasteiger partial charge in [0.2, 0.25) is 15.9 Å². The summed E-state index contributed by atoms with van der Waals surface area (Å²) < 4.78 is 29.8. The summed E-state index contributed by atoms with van der Waals surface area (Å²) in [5.41, 5.74) is 4.05. The molecular weight excluding hydrogens is 586 g/mol. The molecule has 2 heterocycles. The van der Waals surface area contributed by atoms with Gasteiger partial charge in [-0.05, 0) is 76.1 Å². The second kappa shape index (κ2) is 10.4. The lowest BCUT2D eigenvalue weighted by molar-refractivity contribution is -0.119. The van der Waals surface area contributed by atoms with E-state index in [1.165, 1.54) is 0 Å². The topological polar surface area (TPSA) is 60.9 Å². The summed E-state index contributed by atoms with van der Waals surface area (Å²) in [6.07, 6.45) is 2.60. The zero-order valence-corrected chi connectivity index (χ0v) is 24.1. The van der Waals surface area contributed by atoms with Crippen molar-refractivity contribution in [2.75, 3.05) is 37.6 Å². The van der Waals surface area contributed by atoms with Crippen LogP contribution in [0.5, 0.6) is 0 Å². The van der Waals surface area contributed by atoms with Crippen LogP contribution in [0.2, 0.25) is 5.02 Å². The molecule has 9 heteroatoms. The van der Waals surface area contributed by atoms with Gasteiger partial charge in [-0.25, -0.2) is 8.42 Å². The van der Waals surface area contributed by atoms with E-state index in [2.05, 4.69) is 33.0 Å². The third kappa shape index (κ3) is 4.93. The van der Waals surface area contributed by atoms with Gasteiger partial charge in [0, 0.05) is 53.8 Å². The molecule has 1 amide bonds. The van der Waals surface area contributed by atoms with Gasteiger partial charge in [0.25, 0.3) is 0 Å². The second-order valence-electron chi connectivity index (χ2n) is 10.2. The van der Waals surface area contributed by atoms with Crippen LogP contribution in [0.15, 0.2) is 76.1 Å². The summed E-state index contributed by atoms with van der Waals surface area (Å²) in [5, 5.41) is 0.689. The monoisotopic (exact) mass is 613 g/mol. The van der Waals surface area contributed by atoms with E-state index in [9.17, 15) is 13.2 Å². The number of hydrogen-bond donors (Lipinski definition) is 0. The molecule has 0 aromatic heterocycles. The molecule has 0 N–H and O–H groups in total. The van der Waals surface area contributed by atoms with Crippen molar-refractivity contribution in [3.8, 4) is 0 Å². The highest BCUT2D eigenvalue weighted by Crippen LogP contribution is 2.40. The van der Waals surface area contributed by atoms with Crippen LogP contribution in [0.1, 0.15) is 35.6 Å². The lowest BCUT2D eigenvalue weighted by atomic mass is 9.96. The fraction of sp³-hybridized carbons (Fsp3) is 0.345. The van der Waals surface area contributed by atoms with Crippen molar-refractivity contribution in [1.29, 1.82) is 0 Å². The number of piperazine rings is 1. The number of carbonyl (C=O) groups excluding carboxylic acids is 1. The van der Waals surface area contributed by atoms with Crippen molar-refractivity contribution >= 4 is 49.1 Å². The fourth-order valence-corrected chi connectivity index (χ4v) is 8.22. The molecular formula is C29H29BrClN3O3S. The molecule has 2 aliphatic heterocycles. The first-order valence-electron chi connectivity index (χ1n) is 13.0. The van der Waals surface area contributed by atoms with Crippen molar-refractivity contribution in [3.05, 3.63) is 92.9 Å². The van der Waals surface area contributed by atoms with E-state index in [1.54, 1.807) is 15.3 Å². The number of sulfonamides is 1. The predicted octanol–water partition coefficient (Wildman–Crippen LogP) is 5.50. The van der Waals surface area contributed by atoms with Gasteiger partial charge < -0.3 is 4.90 Å². The number of amides is 1. The highest BCUT2D eigenvalue weighted by molar-refractivity contribution is 9.10. The molecule has 1 saturated heterocycles. The molecule has 1 aliphatic carbocycles. The quantitative estimate of drug-likeness (QED) is 0.368. The molecule has 1 unspecified atom stereocenters. The SMILES string of the molecule is O=C(C1CC1)N1CCc2cc(Br)c(S(=O)(=O)N3CCN(C(c4ccccc4)c4ccc(Cl)cc4)CC3)cc21. The Bertz CT molecular complexity index is 1450. The lowest BCUT2D eigenvalue weighted by Crippen LogP contribution is -2.49. The molecule has 2 fully saturated rings. The Hall–Kier alpha value is -2.23. The van der Waals surface area contributed by atoms with Crippen LogP contribution in [-0.4, -0.2) is 56.3 Å². The number of halogens is 2. The first-order chi connectivity index (χ1) is 18.3. The van der Waals surface area contributed by atoms with Crippen molar-refractivity contribution in [3.63, 3.8) is 0 Å². The Balaban J connectivity index is 1.24. The van der Waals surface area contributed by atoms with Gasteiger partial charge in [0.05, 0.1) is 10.9 Å². The van der Waals surface area contributed by atoms with Crippen molar-refractivity contribution in [1.82, 2.24) is 9.21 Å². The smallest absolute Gasteiger partial charge is 0.244 e. The predicted molar refractivity (Wildman–Crippen MR) is 153 cm³/mol. The van der Waals surface area contributed by atoms with Crippen LogP contribution in [0, 0.1) is 5.92 Å². The molecule has 1 saturated carbocycles. The Kier molecular flexibility index (Phi) is 7.12. The van der Waals surface area contributed by atoms with E-state index in [1.807, 2.05) is 48.5 Å². The number of carbonyl (C=O) groups is 1. The highest BCUT2D eigenvalue weighted by atomic mass is 79.9. The Morgan fingerprint density at radius 3 is 2.21 bits per heavy atom. The molecule has 6 rings (SSSR count). The Morgan fingerprint density at radius 1 is 0.895 bits per heavy atom. The summed E-state index contributed by atoms with van der Waals surface area (Å²) in [6.45, 7) is 2.57. The molecule has 198 valence electrons. The average molecular weight is 615 g/mol. The number of nitrogens with zero attached hydrogens (tertiary/aromatic N) is 3. The van der Waals surface area contributed by atoms with Crippen molar-refractivity contribution in [2.24, 2.45) is 5.92 Å². The number of benzene rings is 3. The van der Waals surface area contributed by atoms with E-state index in [4.69, 9.17) is 11.6 Å². The van der Waals surface area contributed by atoms with Crippen LogP contribution in [0.3, 0.4) is 0 Å². The van der Waals surface area contributed by atoms with Crippen LogP contribution < -0.4 is 4.90 Å². The standard InChI is InChI=1S/C29H29BrClN3O3S/c30-25-18-23-12-13-34(29(35)22-6-7-22)26(23)19-27(25)38(36,37)33-16-14-32(15-17-33)28(20-4-2-1-3-5-20)21-8-10-24(31)11-9-21/h1-5,8-11,18-19,22,28H,6-7,12-17H2. The third-order valence-electron chi connectivity index (χ3n) is 7.78. The maximum absolute atomic E-state index is 13.8. The Morgan fingerprint density at radius 2 is 1.55 bits per heavy atom. The summed E-state index contributed by atoms with van der Waals surface area (Å²) in [4.78, 5) is 17.2. The van der Waals surface area contributed by atoms with E-state index in [0.29, 0.717) is 42.2 Å². The van der Waals surface area contributed by atoms with E-state index in [-0.39, 0.29) is 22.8 Å². The molecule has 6 nitrogen and oxygen atoms in total. The van der Waals surface area contributed by atoms with Gasteiger partial charge in [-0.1, -0.05) is 54.1 Å². The number of fused-ring (bicyclic) bond motifs is 1. The van der Waals surface area contributed by atoms with Gasteiger partial charge in [0.1, 0.15) is 0 Å². The van der Waals surface area contributed by atoms with Crippen LogP contribution in [0.25, 0.3) is 0 Å². The minimum absolute atomic E-state index is 0.00652. The van der Waals surface area contributed by atoms with Crippen LogP contribution in [0.4, 0.5) is 5.69 Å². The molecule has 3 aliphatic rings. The zero-order chi connectivity index (χ0) is 26.4. The first-order valence-corrected chi connectivity index (χ1v) is 15.6. The first kappa shape index (κ1) is 26.0. The summed E-state index contributed by atoms with van der Waals surface area (Å²) in [5.74, 6) is 0.216. The molecule has 38 heavy (non-hydrogen) atoms. The highest BCUT2D eigenvalue weighted by Gasteiger charge is 2.39. The molecule has 0 radical (unpaired) electrons. The lowest BCUT2D eigenvalue weighted by Gasteiger charge is -2.39. The van der Waals surface area contributed by atoms with Gasteiger partial charge in [-0.3, -0.25) is 9.69 Å². The minimum Gasteiger partial charge on any atom is -0.312 e. The van der Waals surface area contributed by atoms with Crippen molar-refractivity contribution < 1.29 is 13.2 Å². The van der Waals surface area contributed by atoms with Gasteiger partial charge in [0.15, 0.2) is 0 Å². The van der Waals surface area contributed by atoms with Gasteiger partial charge >= 0.3 is 0 Å². The van der Waals surface area contributed by atoms with E-state index >= 15 is 0 Å². The zero-order valence-electron chi connectivity index (χ0n) is 20.9. The molecule has 1 atom stereocenters. The number of rotatable bonds is 6. The Labute approximate surface area is 237 Å². The summed E-state index contributed by atoms with van der Waals surface area (Å²) >= 11 is 9.68. The summed E-state index contributed by atoms with van der Waals surface area (Å²) in [6, 6.07) is 21.7. The largest absolute Gasteiger partial charge is 0.312 e. The van der Waals surface area contributed by atoms with Crippen molar-refractivity contribution in [2.45, 2.75) is 30.2 Å². The van der Waals surface area contributed by atoms with E-state index in [0.717, 1.165) is 41.6 Å². The average Bonchev–Trinajstić information content (AvgIpc) is 3.70.